The summed E-state index contributed by atoms with van der Waals surface area (Å²) in [7, 11) is 1.69. The number of ketones is 1. The highest BCUT2D eigenvalue weighted by molar-refractivity contribution is 9.10. The minimum absolute atomic E-state index is 0.00114. The van der Waals surface area contributed by atoms with Crippen LogP contribution in [0.5, 0.6) is 0 Å². The van der Waals surface area contributed by atoms with Crippen LogP contribution in [-0.2, 0) is 18.2 Å². The molecule has 0 radical (unpaired) electrons. The number of nitrogens with zero attached hydrogens (tertiary/aromatic N) is 2. The van der Waals surface area contributed by atoms with Crippen LogP contribution < -0.4 is 0 Å². The Morgan fingerprint density at radius 2 is 2.11 bits per heavy atom. The highest BCUT2D eigenvalue weighted by atomic mass is 79.9. The molecule has 0 saturated carbocycles. The molecule has 0 aliphatic heterocycles. The second-order valence-corrected chi connectivity index (χ2v) is 6.97. The zero-order valence-corrected chi connectivity index (χ0v) is 16.1. The molecule has 8 heteroatoms. The van der Waals surface area contributed by atoms with Gasteiger partial charge >= 0.3 is 0 Å². The Balaban J connectivity index is 2.09. The van der Waals surface area contributed by atoms with Crippen LogP contribution in [0.4, 0.5) is 8.78 Å². The number of Topliss-reactive ketones (excluding diaryl/α,β-unsaturated/α-hetero) is 1. The first-order valence-corrected chi connectivity index (χ1v) is 8.99. The Kier molecular flexibility index (Phi) is 5.98. The molecular weight excluding hydrogens is 422 g/mol. The third kappa shape index (κ3) is 4.07. The topological polar surface area (TPSA) is 64.4 Å². The van der Waals surface area contributed by atoms with E-state index in [1.165, 1.54) is 18.5 Å². The quantitative estimate of drug-likeness (QED) is 0.453. The first-order valence-electron chi connectivity index (χ1n) is 8.20. The first-order chi connectivity index (χ1) is 12.9. The van der Waals surface area contributed by atoms with Gasteiger partial charge < -0.3 is 14.4 Å². The van der Waals surface area contributed by atoms with Crippen LogP contribution >= 0.6 is 15.9 Å². The van der Waals surface area contributed by atoms with Gasteiger partial charge in [0.15, 0.2) is 11.6 Å². The number of rotatable bonds is 7. The fourth-order valence-corrected chi connectivity index (χ4v) is 3.18. The van der Waals surface area contributed by atoms with Crippen molar-refractivity contribution >= 4 is 32.7 Å². The third-order valence-corrected chi connectivity index (χ3v) is 4.71. The molecule has 0 aliphatic rings. The molecule has 0 amide bonds. The molecule has 0 saturated heterocycles. The summed E-state index contributed by atoms with van der Waals surface area (Å²) < 4.78 is 36.7. The van der Waals surface area contributed by atoms with E-state index in [1.807, 2.05) is 0 Å². The molecule has 0 spiro atoms. The van der Waals surface area contributed by atoms with Gasteiger partial charge in [-0.1, -0.05) is 22.0 Å². The average Bonchev–Trinajstić information content (AvgIpc) is 3.00. The molecule has 3 rings (SSSR count). The number of imidazole rings is 1. The van der Waals surface area contributed by atoms with Crippen LogP contribution in [0.1, 0.15) is 21.5 Å². The molecule has 0 bridgehead atoms. The van der Waals surface area contributed by atoms with Gasteiger partial charge in [-0.15, -0.1) is 0 Å². The van der Waals surface area contributed by atoms with Crippen molar-refractivity contribution < 1.29 is 23.4 Å². The molecular formula is C19H17BrF2N2O3. The van der Waals surface area contributed by atoms with E-state index >= 15 is 4.39 Å². The molecule has 0 aliphatic carbocycles. The number of hydrogen-bond acceptors (Lipinski definition) is 4. The maximum absolute atomic E-state index is 15.1. The van der Waals surface area contributed by atoms with Crippen molar-refractivity contribution in [1.29, 1.82) is 0 Å². The highest BCUT2D eigenvalue weighted by Crippen LogP contribution is 2.28. The second kappa shape index (κ2) is 8.24. The van der Waals surface area contributed by atoms with E-state index in [0.29, 0.717) is 9.99 Å². The van der Waals surface area contributed by atoms with Crippen molar-refractivity contribution in [3.8, 4) is 0 Å². The maximum atomic E-state index is 15.1. The van der Waals surface area contributed by atoms with Crippen molar-refractivity contribution in [2.45, 2.75) is 6.42 Å². The Hall–Kier alpha value is -2.16. The third-order valence-electron chi connectivity index (χ3n) is 4.21. The number of aromatic nitrogens is 2. The van der Waals surface area contributed by atoms with Gasteiger partial charge in [-0.3, -0.25) is 4.79 Å². The fourth-order valence-electron chi connectivity index (χ4n) is 2.85. The Labute approximate surface area is 162 Å². The summed E-state index contributed by atoms with van der Waals surface area (Å²) in [5.41, 5.74) is 1.03. The van der Waals surface area contributed by atoms with Crippen LogP contribution in [0.15, 0.2) is 35.1 Å². The van der Waals surface area contributed by atoms with E-state index in [0.717, 1.165) is 0 Å². The summed E-state index contributed by atoms with van der Waals surface area (Å²) in [4.78, 5) is 16.6. The van der Waals surface area contributed by atoms with Crippen LogP contribution in [0, 0.1) is 11.6 Å². The van der Waals surface area contributed by atoms with E-state index in [9.17, 15) is 9.18 Å². The monoisotopic (exact) mass is 438 g/mol. The summed E-state index contributed by atoms with van der Waals surface area (Å²) in [5.74, 6) is -1.60. The first kappa shape index (κ1) is 19.6. The van der Waals surface area contributed by atoms with E-state index in [-0.39, 0.29) is 48.4 Å². The minimum Gasteiger partial charge on any atom is -0.394 e. The average molecular weight is 439 g/mol. The molecule has 5 nitrogen and oxygen atoms in total. The molecule has 2 aromatic carbocycles. The van der Waals surface area contributed by atoms with Crippen LogP contribution in [0.25, 0.3) is 11.0 Å². The lowest BCUT2D eigenvalue weighted by Crippen LogP contribution is -2.15. The van der Waals surface area contributed by atoms with Crippen molar-refractivity contribution in [3.63, 3.8) is 0 Å². The molecule has 142 valence electrons. The largest absolute Gasteiger partial charge is 0.394 e. The molecule has 0 unspecified atom stereocenters. The van der Waals surface area contributed by atoms with Crippen LogP contribution in [0.2, 0.25) is 0 Å². The number of ether oxygens (including phenoxy) is 1. The molecule has 1 N–H and O–H groups in total. The smallest absolute Gasteiger partial charge is 0.188 e. The minimum atomic E-state index is -0.652. The van der Waals surface area contributed by atoms with Crippen molar-refractivity contribution in [3.05, 3.63) is 63.4 Å². The molecule has 1 aromatic heterocycles. The lowest BCUT2D eigenvalue weighted by atomic mass is 9.95. The number of carbonyl (C=O) groups excluding carboxylic acids is 1. The van der Waals surface area contributed by atoms with E-state index < -0.39 is 17.4 Å². The predicted octanol–water partition coefficient (Wildman–Crippen LogP) is 3.40. The number of aryl methyl sites for hydroxylation is 1. The summed E-state index contributed by atoms with van der Waals surface area (Å²) in [6.45, 7) is -0.530. The van der Waals surface area contributed by atoms with Gasteiger partial charge in [-0.2, -0.15) is 0 Å². The zero-order chi connectivity index (χ0) is 19.6. The van der Waals surface area contributed by atoms with Gasteiger partial charge in [-0.05, 0) is 23.8 Å². The van der Waals surface area contributed by atoms with E-state index in [1.54, 1.807) is 23.7 Å². The summed E-state index contributed by atoms with van der Waals surface area (Å²) in [5, 5.41) is 8.79. The Bertz CT molecular complexity index is 1000. The van der Waals surface area contributed by atoms with Gasteiger partial charge in [0.2, 0.25) is 0 Å². The summed E-state index contributed by atoms with van der Waals surface area (Å²) in [6.07, 6.45) is 1.35. The SMILES string of the molecule is Cn1cnc2c(F)c(Cc3ccc(Br)cc3F)c(C(=O)COCCO)cc21. The standard InChI is InChI=1S/C19H17BrF2N2O3/c1-24-10-23-19-16(24)8-13(17(26)9-27-5-4-25)14(18(19)22)6-11-2-3-12(20)7-15(11)21/h2-3,7-8,10,25H,4-6,9H2,1H3. The lowest BCUT2D eigenvalue weighted by molar-refractivity contribution is 0.0663. The van der Waals surface area contributed by atoms with Crippen molar-refractivity contribution in [2.24, 2.45) is 7.05 Å². The molecule has 0 atom stereocenters. The van der Waals surface area contributed by atoms with Crippen LogP contribution in [-0.4, -0.2) is 40.3 Å². The molecule has 3 aromatic rings. The summed E-state index contributed by atoms with van der Waals surface area (Å²) in [6, 6.07) is 6.03. The number of carbonyl (C=O) groups is 1. The Morgan fingerprint density at radius 1 is 1.33 bits per heavy atom. The second-order valence-electron chi connectivity index (χ2n) is 6.05. The fraction of sp³-hybridized carbons (Fsp3) is 0.263. The highest BCUT2D eigenvalue weighted by Gasteiger charge is 2.22. The summed E-state index contributed by atoms with van der Waals surface area (Å²) >= 11 is 3.19. The van der Waals surface area contributed by atoms with E-state index in [2.05, 4.69) is 20.9 Å². The Morgan fingerprint density at radius 3 is 2.81 bits per heavy atom. The van der Waals surface area contributed by atoms with Crippen LogP contribution in [0.3, 0.4) is 0 Å². The van der Waals surface area contributed by atoms with Gasteiger partial charge in [0.1, 0.15) is 17.9 Å². The number of fused-ring (bicyclic) bond motifs is 1. The normalized spacial score (nSPS) is 11.3. The lowest BCUT2D eigenvalue weighted by Gasteiger charge is -2.13. The van der Waals surface area contributed by atoms with E-state index in [4.69, 9.17) is 9.84 Å². The van der Waals surface area contributed by atoms with Gasteiger partial charge in [0.25, 0.3) is 0 Å². The van der Waals surface area contributed by atoms with Gasteiger partial charge in [0, 0.05) is 29.1 Å². The number of aliphatic hydroxyl groups excluding tert-OH is 1. The molecule has 0 fully saturated rings. The number of halogens is 3. The van der Waals surface area contributed by atoms with Crippen molar-refractivity contribution in [2.75, 3.05) is 19.8 Å². The van der Waals surface area contributed by atoms with Gasteiger partial charge in [0.05, 0.1) is 25.1 Å². The number of hydrogen-bond donors (Lipinski definition) is 1. The molecule has 1 heterocycles. The number of benzene rings is 2. The molecule has 27 heavy (non-hydrogen) atoms. The predicted molar refractivity (Wildman–Crippen MR) is 99.8 cm³/mol. The number of aliphatic hydroxyl groups is 1. The maximum Gasteiger partial charge on any atom is 0.188 e. The zero-order valence-electron chi connectivity index (χ0n) is 14.5. The van der Waals surface area contributed by atoms with Gasteiger partial charge in [-0.25, -0.2) is 13.8 Å². The van der Waals surface area contributed by atoms with Crippen molar-refractivity contribution in [1.82, 2.24) is 9.55 Å².